The van der Waals surface area contributed by atoms with Crippen molar-refractivity contribution < 1.29 is 0 Å². The van der Waals surface area contributed by atoms with Crippen molar-refractivity contribution in [3.05, 3.63) is 30.6 Å². The highest BCUT2D eigenvalue weighted by atomic mass is 15.1. The van der Waals surface area contributed by atoms with E-state index in [0.717, 1.165) is 48.8 Å². The van der Waals surface area contributed by atoms with Crippen LogP contribution in [0.4, 0.5) is 5.82 Å². The molecule has 3 atom stereocenters. The summed E-state index contributed by atoms with van der Waals surface area (Å²) in [5, 5.41) is 17.1. The molecule has 0 aliphatic carbocycles. The molecule has 0 aromatic carbocycles. The van der Waals surface area contributed by atoms with Crippen LogP contribution in [0, 0.1) is 11.3 Å². The van der Waals surface area contributed by atoms with Gasteiger partial charge in [-0.2, -0.15) is 5.26 Å². The molecule has 2 aromatic rings. The maximum Gasteiger partial charge on any atom is 0.135 e. The van der Waals surface area contributed by atoms with Crippen molar-refractivity contribution >= 4 is 16.7 Å². The van der Waals surface area contributed by atoms with E-state index in [2.05, 4.69) is 39.7 Å². The zero-order valence-corrected chi connectivity index (χ0v) is 14.2. The molecular weight excluding hydrogens is 298 g/mol. The van der Waals surface area contributed by atoms with Crippen molar-refractivity contribution in [3.8, 4) is 6.07 Å². The first-order valence-electron chi connectivity index (χ1n) is 8.85. The fourth-order valence-corrected chi connectivity index (χ4v) is 3.63. The monoisotopic (exact) mass is 323 g/mol. The van der Waals surface area contributed by atoms with Crippen LogP contribution in [0.3, 0.4) is 0 Å². The van der Waals surface area contributed by atoms with Crippen LogP contribution in [0.15, 0.2) is 30.6 Å². The Morgan fingerprint density at radius 1 is 1.25 bits per heavy atom. The quantitative estimate of drug-likeness (QED) is 0.794. The SMILES string of the molecule is CC1CC(Nc2nccc3ncccc23)CC(CCCCC#N)N1. The van der Waals surface area contributed by atoms with Crippen LogP contribution in [-0.4, -0.2) is 28.1 Å². The highest BCUT2D eigenvalue weighted by Gasteiger charge is 2.26. The van der Waals surface area contributed by atoms with Gasteiger partial charge in [-0.15, -0.1) is 0 Å². The zero-order chi connectivity index (χ0) is 16.8. The number of anilines is 1. The molecule has 0 saturated carbocycles. The summed E-state index contributed by atoms with van der Waals surface area (Å²) >= 11 is 0. The van der Waals surface area contributed by atoms with E-state index in [1.807, 2.05) is 24.5 Å². The Bertz CT molecular complexity index is 703. The summed E-state index contributed by atoms with van der Waals surface area (Å²) in [6.45, 7) is 2.24. The van der Waals surface area contributed by atoms with Gasteiger partial charge >= 0.3 is 0 Å². The van der Waals surface area contributed by atoms with Gasteiger partial charge in [-0.3, -0.25) is 4.98 Å². The first kappa shape index (κ1) is 16.7. The summed E-state index contributed by atoms with van der Waals surface area (Å²) < 4.78 is 0. The Morgan fingerprint density at radius 3 is 3.04 bits per heavy atom. The molecule has 5 heteroatoms. The maximum atomic E-state index is 8.65. The fraction of sp³-hybridized carbons (Fsp3) is 0.526. The number of nitriles is 1. The molecule has 3 unspecified atom stereocenters. The summed E-state index contributed by atoms with van der Waals surface area (Å²) in [6, 6.07) is 9.62. The molecule has 126 valence electrons. The Balaban J connectivity index is 1.64. The zero-order valence-electron chi connectivity index (χ0n) is 14.2. The van der Waals surface area contributed by atoms with Gasteiger partial charge in [0.25, 0.3) is 0 Å². The Hall–Kier alpha value is -2.19. The van der Waals surface area contributed by atoms with Crippen LogP contribution in [0.25, 0.3) is 10.9 Å². The molecular formula is C19H25N5. The number of fused-ring (bicyclic) bond motifs is 1. The molecule has 0 spiro atoms. The Kier molecular flexibility index (Phi) is 5.60. The first-order valence-corrected chi connectivity index (χ1v) is 8.85. The second-order valence-corrected chi connectivity index (χ2v) is 6.71. The molecule has 1 saturated heterocycles. The number of nitrogens with one attached hydrogen (secondary N) is 2. The second-order valence-electron chi connectivity index (χ2n) is 6.71. The summed E-state index contributed by atoms with van der Waals surface area (Å²) in [6.07, 6.45) is 9.73. The van der Waals surface area contributed by atoms with Gasteiger partial charge in [0.2, 0.25) is 0 Å². The smallest absolute Gasteiger partial charge is 0.135 e. The number of pyridine rings is 2. The van der Waals surface area contributed by atoms with Gasteiger partial charge in [0.05, 0.1) is 11.6 Å². The van der Waals surface area contributed by atoms with E-state index < -0.39 is 0 Å². The van der Waals surface area contributed by atoms with Crippen LogP contribution in [0.1, 0.15) is 45.4 Å². The normalized spacial score (nSPS) is 23.8. The minimum absolute atomic E-state index is 0.417. The van der Waals surface area contributed by atoms with Gasteiger partial charge in [0.1, 0.15) is 5.82 Å². The number of piperidine rings is 1. The van der Waals surface area contributed by atoms with E-state index in [9.17, 15) is 0 Å². The van der Waals surface area contributed by atoms with E-state index >= 15 is 0 Å². The lowest BCUT2D eigenvalue weighted by Crippen LogP contribution is -2.48. The van der Waals surface area contributed by atoms with Gasteiger partial charge in [0.15, 0.2) is 0 Å². The van der Waals surface area contributed by atoms with E-state index in [1.54, 1.807) is 0 Å². The van der Waals surface area contributed by atoms with Gasteiger partial charge < -0.3 is 10.6 Å². The highest BCUT2D eigenvalue weighted by molar-refractivity contribution is 5.88. The average Bonchev–Trinajstić information content (AvgIpc) is 2.59. The number of hydrogen-bond donors (Lipinski definition) is 2. The number of hydrogen-bond acceptors (Lipinski definition) is 5. The largest absolute Gasteiger partial charge is 0.367 e. The highest BCUT2D eigenvalue weighted by Crippen LogP contribution is 2.24. The topological polar surface area (TPSA) is 73.6 Å². The third kappa shape index (κ3) is 4.21. The lowest BCUT2D eigenvalue weighted by atomic mass is 9.91. The van der Waals surface area contributed by atoms with Crippen molar-refractivity contribution in [2.75, 3.05) is 5.32 Å². The molecule has 2 N–H and O–H groups in total. The van der Waals surface area contributed by atoms with Gasteiger partial charge in [-0.1, -0.05) is 6.42 Å². The maximum absolute atomic E-state index is 8.65. The lowest BCUT2D eigenvalue weighted by molar-refractivity contribution is 0.297. The first-order chi connectivity index (χ1) is 11.8. The predicted octanol–water partition coefficient (Wildman–Crippen LogP) is 3.63. The fourth-order valence-electron chi connectivity index (χ4n) is 3.63. The summed E-state index contributed by atoms with van der Waals surface area (Å²) in [7, 11) is 0. The summed E-state index contributed by atoms with van der Waals surface area (Å²) in [5.41, 5.74) is 0.977. The average molecular weight is 323 g/mol. The molecule has 0 radical (unpaired) electrons. The Labute approximate surface area is 143 Å². The molecule has 24 heavy (non-hydrogen) atoms. The number of unbranched alkanes of at least 4 members (excludes halogenated alkanes) is 2. The van der Waals surface area contributed by atoms with Crippen molar-refractivity contribution in [2.45, 2.75) is 63.6 Å². The Morgan fingerprint density at radius 2 is 2.17 bits per heavy atom. The van der Waals surface area contributed by atoms with Crippen molar-refractivity contribution in [3.63, 3.8) is 0 Å². The number of nitrogens with zero attached hydrogens (tertiary/aromatic N) is 3. The van der Waals surface area contributed by atoms with Gasteiger partial charge in [-0.05, 0) is 50.8 Å². The summed E-state index contributed by atoms with van der Waals surface area (Å²) in [5.74, 6) is 0.933. The standard InChI is InChI=1S/C19H25N5/c1-14-12-16(13-15(23-14)6-3-2-4-9-20)24-19-17-7-5-10-21-18(17)8-11-22-19/h5,7-8,10-11,14-16,23H,2-4,6,12-13H2,1H3,(H,22,24). The third-order valence-electron chi connectivity index (χ3n) is 4.69. The van der Waals surface area contributed by atoms with Crippen molar-refractivity contribution in [1.29, 1.82) is 5.26 Å². The van der Waals surface area contributed by atoms with E-state index in [4.69, 9.17) is 5.26 Å². The lowest BCUT2D eigenvalue weighted by Gasteiger charge is -2.35. The molecule has 2 aromatic heterocycles. The van der Waals surface area contributed by atoms with Crippen LogP contribution in [0.2, 0.25) is 0 Å². The molecule has 1 aliphatic heterocycles. The summed E-state index contributed by atoms with van der Waals surface area (Å²) in [4.78, 5) is 8.93. The molecule has 0 amide bonds. The van der Waals surface area contributed by atoms with Crippen molar-refractivity contribution in [1.82, 2.24) is 15.3 Å². The van der Waals surface area contributed by atoms with Crippen LogP contribution in [0.5, 0.6) is 0 Å². The van der Waals surface area contributed by atoms with Crippen LogP contribution >= 0.6 is 0 Å². The van der Waals surface area contributed by atoms with E-state index in [-0.39, 0.29) is 0 Å². The number of rotatable bonds is 6. The minimum Gasteiger partial charge on any atom is -0.367 e. The number of aromatic nitrogens is 2. The molecule has 0 bridgehead atoms. The third-order valence-corrected chi connectivity index (χ3v) is 4.69. The van der Waals surface area contributed by atoms with Crippen molar-refractivity contribution in [2.24, 2.45) is 0 Å². The van der Waals surface area contributed by atoms with Crippen LogP contribution < -0.4 is 10.6 Å². The second kappa shape index (κ2) is 8.07. The molecule has 5 nitrogen and oxygen atoms in total. The molecule has 1 aliphatic rings. The van der Waals surface area contributed by atoms with E-state index in [1.165, 1.54) is 0 Å². The molecule has 1 fully saturated rings. The van der Waals surface area contributed by atoms with E-state index in [0.29, 0.717) is 24.5 Å². The van der Waals surface area contributed by atoms with Crippen LogP contribution in [-0.2, 0) is 0 Å². The minimum atomic E-state index is 0.417. The van der Waals surface area contributed by atoms with Gasteiger partial charge in [0, 0.05) is 42.3 Å². The predicted molar refractivity (Wildman–Crippen MR) is 96.6 cm³/mol. The van der Waals surface area contributed by atoms with Gasteiger partial charge in [-0.25, -0.2) is 4.98 Å². The molecule has 3 rings (SSSR count). The molecule has 3 heterocycles.